The van der Waals surface area contributed by atoms with Crippen LogP contribution in [0.3, 0.4) is 0 Å². The number of Topliss-reactive ketones (excluding diaryl/α,β-unsaturated/α-hetero) is 1. The van der Waals surface area contributed by atoms with E-state index in [9.17, 15) is 4.79 Å². The minimum Gasteiger partial charge on any atom is -0.496 e. The van der Waals surface area contributed by atoms with Crippen molar-refractivity contribution in [1.82, 2.24) is 0 Å². The molecule has 1 aliphatic carbocycles. The number of aryl methyl sites for hydroxylation is 3. The lowest BCUT2D eigenvalue weighted by Gasteiger charge is -2.18. The first-order chi connectivity index (χ1) is 14.6. The maximum absolute atomic E-state index is 12.9. The molecular formula is C27H26O3. The van der Waals surface area contributed by atoms with Crippen molar-refractivity contribution in [2.75, 3.05) is 7.11 Å². The van der Waals surface area contributed by atoms with E-state index in [1.165, 1.54) is 0 Å². The van der Waals surface area contributed by atoms with Crippen molar-refractivity contribution in [3.8, 4) is 11.5 Å². The molecule has 30 heavy (non-hydrogen) atoms. The van der Waals surface area contributed by atoms with Gasteiger partial charge in [-0.15, -0.1) is 0 Å². The fourth-order valence-electron chi connectivity index (χ4n) is 4.03. The number of carbonyl (C=O) groups excluding carboxylic acids is 1. The van der Waals surface area contributed by atoms with Crippen LogP contribution in [0.2, 0.25) is 0 Å². The summed E-state index contributed by atoms with van der Waals surface area (Å²) in [4.78, 5) is 12.9. The molecule has 0 fully saturated rings. The maximum Gasteiger partial charge on any atom is 0.189 e. The second-order valence-corrected chi connectivity index (χ2v) is 7.74. The standard InChI is InChI=1S/C27H26O3/c1-18-7-6-8-19(2)27(18)30-17-23-16-20(11-14-25(23)29-3)15-22-13-12-21-9-4-5-10-24(21)26(22)28/h4-11,14-16H,12-13,17H2,1-3H3. The van der Waals surface area contributed by atoms with E-state index in [0.29, 0.717) is 6.61 Å². The molecule has 0 spiro atoms. The molecule has 152 valence electrons. The first kappa shape index (κ1) is 20.0. The van der Waals surface area contributed by atoms with Crippen LogP contribution in [0.4, 0.5) is 0 Å². The zero-order valence-electron chi connectivity index (χ0n) is 17.7. The number of carbonyl (C=O) groups is 1. The number of para-hydroxylation sites is 1. The SMILES string of the molecule is COc1ccc(C=C2CCc3ccccc3C2=O)cc1COc1c(C)cccc1C. The summed E-state index contributed by atoms with van der Waals surface area (Å²) in [6.07, 6.45) is 3.66. The highest BCUT2D eigenvalue weighted by molar-refractivity contribution is 6.13. The van der Waals surface area contributed by atoms with Gasteiger partial charge in [-0.05, 0) is 67.2 Å². The van der Waals surface area contributed by atoms with Gasteiger partial charge in [0.05, 0.1) is 7.11 Å². The molecule has 0 heterocycles. The van der Waals surface area contributed by atoms with Crippen LogP contribution >= 0.6 is 0 Å². The average Bonchev–Trinajstić information content (AvgIpc) is 2.76. The third kappa shape index (κ3) is 4.02. The van der Waals surface area contributed by atoms with Gasteiger partial charge in [-0.3, -0.25) is 4.79 Å². The number of fused-ring (bicyclic) bond motifs is 1. The fraction of sp³-hybridized carbons (Fsp3) is 0.222. The van der Waals surface area contributed by atoms with Crippen LogP contribution in [-0.4, -0.2) is 12.9 Å². The molecule has 1 aliphatic rings. The molecule has 3 heteroatoms. The van der Waals surface area contributed by atoms with E-state index in [1.54, 1.807) is 7.11 Å². The number of benzene rings is 3. The second kappa shape index (κ2) is 8.58. The van der Waals surface area contributed by atoms with Crippen LogP contribution in [0.1, 0.15) is 44.6 Å². The van der Waals surface area contributed by atoms with E-state index >= 15 is 0 Å². The summed E-state index contributed by atoms with van der Waals surface area (Å²) < 4.78 is 11.7. The Morgan fingerprint density at radius 2 is 1.70 bits per heavy atom. The average molecular weight is 399 g/mol. The molecule has 0 unspecified atom stereocenters. The van der Waals surface area contributed by atoms with E-state index in [-0.39, 0.29) is 5.78 Å². The Bertz CT molecular complexity index is 1100. The van der Waals surface area contributed by atoms with E-state index in [0.717, 1.165) is 63.3 Å². The molecule has 0 radical (unpaired) electrons. The number of rotatable bonds is 5. The molecular weight excluding hydrogens is 372 g/mol. The van der Waals surface area contributed by atoms with Gasteiger partial charge in [0.25, 0.3) is 0 Å². The van der Waals surface area contributed by atoms with Gasteiger partial charge in [-0.25, -0.2) is 0 Å². The Balaban J connectivity index is 1.60. The summed E-state index contributed by atoms with van der Waals surface area (Å²) in [6, 6.07) is 20.0. The van der Waals surface area contributed by atoms with Gasteiger partial charge in [-0.1, -0.05) is 48.5 Å². The molecule has 0 N–H and O–H groups in total. The monoisotopic (exact) mass is 398 g/mol. The maximum atomic E-state index is 12.9. The smallest absolute Gasteiger partial charge is 0.189 e. The zero-order chi connectivity index (χ0) is 21.1. The van der Waals surface area contributed by atoms with E-state index in [1.807, 2.05) is 80.6 Å². The fourth-order valence-corrected chi connectivity index (χ4v) is 4.03. The largest absolute Gasteiger partial charge is 0.496 e. The molecule has 0 bridgehead atoms. The Labute approximate surface area is 178 Å². The summed E-state index contributed by atoms with van der Waals surface area (Å²) in [5, 5.41) is 0. The van der Waals surface area contributed by atoms with Gasteiger partial charge >= 0.3 is 0 Å². The van der Waals surface area contributed by atoms with Crippen molar-refractivity contribution < 1.29 is 14.3 Å². The van der Waals surface area contributed by atoms with Crippen molar-refractivity contribution >= 4 is 11.9 Å². The van der Waals surface area contributed by atoms with Crippen molar-refractivity contribution in [3.63, 3.8) is 0 Å². The Morgan fingerprint density at radius 3 is 2.47 bits per heavy atom. The molecule has 4 rings (SSSR count). The summed E-state index contributed by atoms with van der Waals surface area (Å²) in [5.41, 5.74) is 6.97. The summed E-state index contributed by atoms with van der Waals surface area (Å²) in [6.45, 7) is 4.50. The molecule has 0 amide bonds. The van der Waals surface area contributed by atoms with E-state index in [2.05, 4.69) is 0 Å². The zero-order valence-corrected chi connectivity index (χ0v) is 17.7. The summed E-state index contributed by atoms with van der Waals surface area (Å²) in [7, 11) is 1.66. The number of ether oxygens (including phenoxy) is 2. The van der Waals surface area contributed by atoms with Crippen LogP contribution in [0, 0.1) is 13.8 Å². The minimum absolute atomic E-state index is 0.126. The van der Waals surface area contributed by atoms with Gasteiger partial charge in [0, 0.05) is 16.7 Å². The minimum atomic E-state index is 0.126. The Morgan fingerprint density at radius 1 is 0.933 bits per heavy atom. The third-order valence-electron chi connectivity index (χ3n) is 5.64. The van der Waals surface area contributed by atoms with Crippen molar-refractivity contribution in [2.45, 2.75) is 33.3 Å². The molecule has 0 saturated carbocycles. The topological polar surface area (TPSA) is 35.5 Å². The highest BCUT2D eigenvalue weighted by atomic mass is 16.5. The first-order valence-electron chi connectivity index (χ1n) is 10.3. The van der Waals surface area contributed by atoms with Crippen molar-refractivity contribution in [3.05, 3.63) is 99.6 Å². The van der Waals surface area contributed by atoms with Gasteiger partial charge in [-0.2, -0.15) is 0 Å². The molecule has 0 aliphatic heterocycles. The Kier molecular flexibility index (Phi) is 5.71. The van der Waals surface area contributed by atoms with E-state index < -0.39 is 0 Å². The number of hydrogen-bond acceptors (Lipinski definition) is 3. The second-order valence-electron chi connectivity index (χ2n) is 7.74. The highest BCUT2D eigenvalue weighted by Crippen LogP contribution is 2.29. The molecule has 3 nitrogen and oxygen atoms in total. The summed E-state index contributed by atoms with van der Waals surface area (Å²) in [5.74, 6) is 1.81. The van der Waals surface area contributed by atoms with Crippen molar-refractivity contribution in [1.29, 1.82) is 0 Å². The summed E-state index contributed by atoms with van der Waals surface area (Å²) >= 11 is 0. The highest BCUT2D eigenvalue weighted by Gasteiger charge is 2.21. The van der Waals surface area contributed by atoms with Crippen LogP contribution in [0.25, 0.3) is 6.08 Å². The number of methoxy groups -OCH3 is 1. The predicted molar refractivity (Wildman–Crippen MR) is 120 cm³/mol. The van der Waals surface area contributed by atoms with Gasteiger partial charge < -0.3 is 9.47 Å². The van der Waals surface area contributed by atoms with Gasteiger partial charge in [0.1, 0.15) is 18.1 Å². The quantitative estimate of drug-likeness (QED) is 0.487. The van der Waals surface area contributed by atoms with Crippen LogP contribution < -0.4 is 9.47 Å². The molecule has 0 atom stereocenters. The van der Waals surface area contributed by atoms with Crippen molar-refractivity contribution in [2.24, 2.45) is 0 Å². The predicted octanol–water partition coefficient (Wildman–Crippen LogP) is 6.10. The molecule has 3 aromatic rings. The molecule has 0 saturated heterocycles. The lowest BCUT2D eigenvalue weighted by Crippen LogP contribution is -2.13. The lowest BCUT2D eigenvalue weighted by molar-refractivity contribution is 0.102. The van der Waals surface area contributed by atoms with Gasteiger partial charge in [0.15, 0.2) is 5.78 Å². The third-order valence-corrected chi connectivity index (χ3v) is 5.64. The number of hydrogen-bond donors (Lipinski definition) is 0. The van der Waals surface area contributed by atoms with Crippen LogP contribution in [-0.2, 0) is 13.0 Å². The lowest BCUT2D eigenvalue weighted by atomic mass is 9.86. The molecule has 0 aromatic heterocycles. The van der Waals surface area contributed by atoms with Gasteiger partial charge in [0.2, 0.25) is 0 Å². The van der Waals surface area contributed by atoms with Crippen LogP contribution in [0.5, 0.6) is 11.5 Å². The molecule has 3 aromatic carbocycles. The number of ketones is 1. The normalized spacial score (nSPS) is 14.5. The number of allylic oxidation sites excluding steroid dienone is 1. The van der Waals surface area contributed by atoms with E-state index in [4.69, 9.17) is 9.47 Å². The first-order valence-corrected chi connectivity index (χ1v) is 10.3. The van der Waals surface area contributed by atoms with Crippen LogP contribution in [0.15, 0.2) is 66.2 Å². The Hall–Kier alpha value is -3.33.